The van der Waals surface area contributed by atoms with Crippen LogP contribution in [-0.2, 0) is 6.42 Å². The lowest BCUT2D eigenvalue weighted by molar-refractivity contribution is 0.0976. The number of Topliss-reactive ketones (excluding diaryl/α,β-unsaturated/α-hetero) is 1. The number of aryl methyl sites for hydroxylation is 1. The zero-order valence-corrected chi connectivity index (χ0v) is 12.4. The van der Waals surface area contributed by atoms with E-state index in [4.69, 9.17) is 5.26 Å². The van der Waals surface area contributed by atoms with Crippen LogP contribution in [-0.4, -0.2) is 16.5 Å². The van der Waals surface area contributed by atoms with Gasteiger partial charge in [0, 0.05) is 17.7 Å². The lowest BCUT2D eigenvalue weighted by atomic mass is 10.1. The van der Waals surface area contributed by atoms with Gasteiger partial charge in [-0.05, 0) is 25.0 Å². The minimum atomic E-state index is 0.137. The molecule has 0 N–H and O–H groups in total. The molecule has 1 rings (SSSR count). The van der Waals surface area contributed by atoms with Crippen molar-refractivity contribution < 1.29 is 4.79 Å². The first-order chi connectivity index (χ1) is 9.22. The molecule has 0 aliphatic rings. The Morgan fingerprint density at radius 3 is 2.79 bits per heavy atom. The fraction of sp³-hybridized carbons (Fsp3) is 0.533. The molecule has 0 fully saturated rings. The van der Waals surface area contributed by atoms with Gasteiger partial charge in [-0.25, -0.2) is 4.98 Å². The molecular weight excluding hydrogens is 256 g/mol. The van der Waals surface area contributed by atoms with Crippen LogP contribution in [0.5, 0.6) is 0 Å². The van der Waals surface area contributed by atoms with Crippen LogP contribution in [0, 0.1) is 11.3 Å². The second-order valence-corrected chi connectivity index (χ2v) is 5.34. The summed E-state index contributed by atoms with van der Waals surface area (Å²) in [6, 6.07) is 5.89. The summed E-state index contributed by atoms with van der Waals surface area (Å²) in [6.07, 6.45) is 4.40. The van der Waals surface area contributed by atoms with Crippen LogP contribution in [0.2, 0.25) is 0 Å². The third-order valence-electron chi connectivity index (χ3n) is 2.76. The van der Waals surface area contributed by atoms with Gasteiger partial charge in [-0.1, -0.05) is 38.5 Å². The van der Waals surface area contributed by atoms with Crippen molar-refractivity contribution in [2.75, 3.05) is 5.75 Å². The first kappa shape index (κ1) is 15.7. The first-order valence-electron chi connectivity index (χ1n) is 6.75. The molecule has 0 atom stereocenters. The summed E-state index contributed by atoms with van der Waals surface area (Å²) in [5, 5.41) is 9.40. The quantitative estimate of drug-likeness (QED) is 0.531. The molecule has 0 radical (unpaired) electrons. The minimum Gasteiger partial charge on any atom is -0.294 e. The molecule has 0 aliphatic carbocycles. The highest BCUT2D eigenvalue weighted by Gasteiger charge is 2.13. The Bertz CT molecular complexity index is 466. The molecule has 0 aromatic carbocycles. The van der Waals surface area contributed by atoms with Gasteiger partial charge in [0.2, 0.25) is 0 Å². The SMILES string of the molecule is CCCCC(=O)c1ccc(CCC)nc1SCC#N. The zero-order chi connectivity index (χ0) is 14.1. The minimum absolute atomic E-state index is 0.137. The summed E-state index contributed by atoms with van der Waals surface area (Å²) in [4.78, 5) is 16.6. The van der Waals surface area contributed by atoms with Crippen LogP contribution >= 0.6 is 11.8 Å². The van der Waals surface area contributed by atoms with E-state index >= 15 is 0 Å². The van der Waals surface area contributed by atoms with Crippen LogP contribution in [0.15, 0.2) is 17.2 Å². The molecule has 102 valence electrons. The lowest BCUT2D eigenvalue weighted by Gasteiger charge is -2.08. The number of thioether (sulfide) groups is 1. The summed E-state index contributed by atoms with van der Waals surface area (Å²) in [5.41, 5.74) is 1.67. The summed E-state index contributed by atoms with van der Waals surface area (Å²) in [7, 11) is 0. The van der Waals surface area contributed by atoms with Crippen molar-refractivity contribution >= 4 is 17.5 Å². The number of aromatic nitrogens is 1. The fourth-order valence-corrected chi connectivity index (χ4v) is 2.49. The number of pyridine rings is 1. The van der Waals surface area contributed by atoms with E-state index < -0.39 is 0 Å². The lowest BCUT2D eigenvalue weighted by Crippen LogP contribution is -2.04. The third-order valence-corrected chi connectivity index (χ3v) is 3.61. The predicted molar refractivity (Wildman–Crippen MR) is 78.4 cm³/mol. The van der Waals surface area contributed by atoms with Gasteiger partial charge in [-0.3, -0.25) is 4.79 Å². The van der Waals surface area contributed by atoms with Gasteiger partial charge < -0.3 is 0 Å². The Hall–Kier alpha value is -1.34. The van der Waals surface area contributed by atoms with Crippen LogP contribution in [0.3, 0.4) is 0 Å². The number of rotatable bonds is 8. The molecule has 0 aliphatic heterocycles. The van der Waals surface area contributed by atoms with E-state index in [1.165, 1.54) is 11.8 Å². The second-order valence-electron chi connectivity index (χ2n) is 4.38. The van der Waals surface area contributed by atoms with E-state index in [1.807, 2.05) is 12.1 Å². The van der Waals surface area contributed by atoms with Crippen molar-refractivity contribution in [1.29, 1.82) is 5.26 Å². The normalized spacial score (nSPS) is 10.2. The van der Waals surface area contributed by atoms with E-state index in [1.54, 1.807) is 0 Å². The number of ketones is 1. The van der Waals surface area contributed by atoms with Gasteiger partial charge >= 0.3 is 0 Å². The van der Waals surface area contributed by atoms with Gasteiger partial charge in [0.25, 0.3) is 0 Å². The summed E-state index contributed by atoms with van der Waals surface area (Å²) >= 11 is 1.36. The largest absolute Gasteiger partial charge is 0.294 e. The molecule has 0 saturated carbocycles. The first-order valence-corrected chi connectivity index (χ1v) is 7.74. The summed E-state index contributed by atoms with van der Waals surface area (Å²) < 4.78 is 0. The van der Waals surface area contributed by atoms with Crippen LogP contribution < -0.4 is 0 Å². The van der Waals surface area contributed by atoms with Crippen LogP contribution in [0.25, 0.3) is 0 Å². The average molecular weight is 276 g/mol. The van der Waals surface area contributed by atoms with Crippen molar-refractivity contribution in [2.45, 2.75) is 51.0 Å². The van der Waals surface area contributed by atoms with Gasteiger partial charge in [0.05, 0.1) is 11.8 Å². The van der Waals surface area contributed by atoms with Crippen LogP contribution in [0.1, 0.15) is 55.6 Å². The third kappa shape index (κ3) is 5.04. The van der Waals surface area contributed by atoms with E-state index in [0.29, 0.717) is 22.8 Å². The predicted octanol–water partition coefficient (Wildman–Crippen LogP) is 4.02. The van der Waals surface area contributed by atoms with Crippen molar-refractivity contribution in [2.24, 2.45) is 0 Å². The molecule has 19 heavy (non-hydrogen) atoms. The monoisotopic (exact) mass is 276 g/mol. The average Bonchev–Trinajstić information content (AvgIpc) is 2.43. The van der Waals surface area contributed by atoms with E-state index in [-0.39, 0.29) is 5.78 Å². The molecule has 1 aromatic heterocycles. The molecule has 1 aromatic rings. The van der Waals surface area contributed by atoms with Crippen molar-refractivity contribution in [3.63, 3.8) is 0 Å². The van der Waals surface area contributed by atoms with Gasteiger partial charge in [0.15, 0.2) is 5.78 Å². The van der Waals surface area contributed by atoms with E-state index in [2.05, 4.69) is 24.9 Å². The molecule has 0 bridgehead atoms. The molecule has 0 amide bonds. The van der Waals surface area contributed by atoms with Gasteiger partial charge in [-0.2, -0.15) is 5.26 Å². The number of nitrogens with zero attached hydrogens (tertiary/aromatic N) is 2. The molecule has 4 heteroatoms. The molecule has 0 unspecified atom stereocenters. The highest BCUT2D eigenvalue weighted by molar-refractivity contribution is 7.99. The Morgan fingerprint density at radius 2 is 2.16 bits per heavy atom. The number of carbonyl (C=O) groups excluding carboxylic acids is 1. The smallest absolute Gasteiger partial charge is 0.165 e. The molecule has 0 spiro atoms. The number of hydrogen-bond acceptors (Lipinski definition) is 4. The van der Waals surface area contributed by atoms with Gasteiger partial charge in [-0.15, -0.1) is 0 Å². The Morgan fingerprint density at radius 1 is 1.37 bits per heavy atom. The molecule has 0 saturated heterocycles. The zero-order valence-electron chi connectivity index (χ0n) is 11.6. The second kappa shape index (κ2) is 8.71. The van der Waals surface area contributed by atoms with Crippen molar-refractivity contribution in [1.82, 2.24) is 4.98 Å². The Labute approximate surface area is 119 Å². The Balaban J connectivity index is 2.94. The maximum absolute atomic E-state index is 12.1. The summed E-state index contributed by atoms with van der Waals surface area (Å²) in [6.45, 7) is 4.17. The molecular formula is C15H20N2OS. The van der Waals surface area contributed by atoms with E-state index in [0.717, 1.165) is 31.4 Å². The highest BCUT2D eigenvalue weighted by atomic mass is 32.2. The highest BCUT2D eigenvalue weighted by Crippen LogP contribution is 2.23. The number of carbonyl (C=O) groups is 1. The topological polar surface area (TPSA) is 53.8 Å². The maximum atomic E-state index is 12.1. The summed E-state index contributed by atoms with van der Waals surface area (Å²) in [5.74, 6) is 0.467. The van der Waals surface area contributed by atoms with Crippen molar-refractivity contribution in [3.05, 3.63) is 23.4 Å². The Kier molecular flexibility index (Phi) is 7.20. The number of hydrogen-bond donors (Lipinski definition) is 0. The van der Waals surface area contributed by atoms with E-state index in [9.17, 15) is 4.79 Å². The fourth-order valence-electron chi connectivity index (χ4n) is 1.77. The van der Waals surface area contributed by atoms with Crippen LogP contribution in [0.4, 0.5) is 0 Å². The standard InChI is InChI=1S/C15H20N2OS/c1-3-5-7-14(18)13-9-8-12(6-4-2)17-15(13)19-11-10-16/h8-9H,3-7,11H2,1-2H3. The number of nitriles is 1. The van der Waals surface area contributed by atoms with Gasteiger partial charge in [0.1, 0.15) is 5.03 Å². The maximum Gasteiger partial charge on any atom is 0.165 e. The number of unbranched alkanes of at least 4 members (excludes halogenated alkanes) is 1. The molecule has 3 nitrogen and oxygen atoms in total. The molecule has 1 heterocycles. The van der Waals surface area contributed by atoms with Crippen molar-refractivity contribution in [3.8, 4) is 6.07 Å².